The summed E-state index contributed by atoms with van der Waals surface area (Å²) in [6.07, 6.45) is -2.27. The molecular weight excluding hydrogens is 195 g/mol. The molecule has 1 rings (SSSR count). The van der Waals surface area contributed by atoms with Gasteiger partial charge in [-0.1, -0.05) is 6.92 Å². The number of rotatable bonds is 1. The van der Waals surface area contributed by atoms with Crippen molar-refractivity contribution in [1.29, 1.82) is 0 Å². The molecule has 0 aromatic carbocycles. The molecule has 0 fully saturated rings. The SMILES string of the molecule is CCC1(N)NC=C(C(F)(F)F)C=C1N. The summed E-state index contributed by atoms with van der Waals surface area (Å²) in [6, 6.07) is 0. The molecule has 6 heteroatoms. The maximum atomic E-state index is 12.2. The molecule has 0 bridgehead atoms. The van der Waals surface area contributed by atoms with Crippen molar-refractivity contribution in [2.75, 3.05) is 0 Å². The number of nitrogens with two attached hydrogens (primary N) is 2. The van der Waals surface area contributed by atoms with Gasteiger partial charge in [0.25, 0.3) is 0 Å². The van der Waals surface area contributed by atoms with Crippen LogP contribution in [0.4, 0.5) is 13.2 Å². The van der Waals surface area contributed by atoms with Gasteiger partial charge in [0, 0.05) is 11.9 Å². The molecule has 1 atom stereocenters. The van der Waals surface area contributed by atoms with Crippen LogP contribution in [0.2, 0.25) is 0 Å². The lowest BCUT2D eigenvalue weighted by molar-refractivity contribution is -0.0891. The molecule has 0 saturated heterocycles. The first kappa shape index (κ1) is 10.9. The van der Waals surface area contributed by atoms with E-state index in [2.05, 4.69) is 5.32 Å². The predicted molar refractivity (Wildman–Crippen MR) is 46.8 cm³/mol. The first-order chi connectivity index (χ1) is 6.29. The lowest BCUT2D eigenvalue weighted by Crippen LogP contribution is -2.56. The van der Waals surface area contributed by atoms with Crippen molar-refractivity contribution in [2.24, 2.45) is 11.5 Å². The zero-order chi connectivity index (χ0) is 11.0. The lowest BCUT2D eigenvalue weighted by Gasteiger charge is -2.33. The van der Waals surface area contributed by atoms with E-state index in [1.165, 1.54) is 0 Å². The van der Waals surface area contributed by atoms with Crippen LogP contribution >= 0.6 is 0 Å². The maximum Gasteiger partial charge on any atom is 0.417 e. The fourth-order valence-corrected chi connectivity index (χ4v) is 1.10. The smallest absolute Gasteiger partial charge is 0.399 e. The van der Waals surface area contributed by atoms with Gasteiger partial charge in [-0.3, -0.25) is 0 Å². The summed E-state index contributed by atoms with van der Waals surface area (Å²) < 4.78 is 36.7. The zero-order valence-electron chi connectivity index (χ0n) is 7.65. The van der Waals surface area contributed by atoms with E-state index in [0.717, 1.165) is 12.3 Å². The van der Waals surface area contributed by atoms with Crippen LogP contribution in [0.5, 0.6) is 0 Å². The Balaban J connectivity index is 2.95. The molecule has 1 aliphatic rings. The molecule has 80 valence electrons. The van der Waals surface area contributed by atoms with Gasteiger partial charge in [-0.05, 0) is 12.5 Å². The number of hydrogen-bond donors (Lipinski definition) is 3. The maximum absolute atomic E-state index is 12.2. The molecule has 0 aromatic rings. The Labute approximate surface area is 79.6 Å². The largest absolute Gasteiger partial charge is 0.417 e. The van der Waals surface area contributed by atoms with Crippen LogP contribution in [0.1, 0.15) is 13.3 Å². The van der Waals surface area contributed by atoms with Crippen molar-refractivity contribution < 1.29 is 13.2 Å². The van der Waals surface area contributed by atoms with Crippen molar-refractivity contribution >= 4 is 0 Å². The third-order valence-corrected chi connectivity index (χ3v) is 2.20. The second-order valence-corrected chi connectivity index (χ2v) is 3.17. The first-order valence-corrected chi connectivity index (χ1v) is 4.11. The van der Waals surface area contributed by atoms with Crippen molar-refractivity contribution in [3.8, 4) is 0 Å². The van der Waals surface area contributed by atoms with Gasteiger partial charge in [0.1, 0.15) is 5.66 Å². The van der Waals surface area contributed by atoms with Gasteiger partial charge >= 0.3 is 6.18 Å². The quantitative estimate of drug-likeness (QED) is 0.599. The summed E-state index contributed by atoms with van der Waals surface area (Å²) >= 11 is 0. The molecule has 1 unspecified atom stereocenters. The minimum atomic E-state index is -4.40. The Hall–Kier alpha value is -1.17. The van der Waals surface area contributed by atoms with Crippen LogP contribution in [0.3, 0.4) is 0 Å². The van der Waals surface area contributed by atoms with E-state index >= 15 is 0 Å². The normalized spacial score (nSPS) is 27.8. The van der Waals surface area contributed by atoms with Crippen LogP contribution < -0.4 is 16.8 Å². The highest BCUT2D eigenvalue weighted by Crippen LogP contribution is 2.30. The van der Waals surface area contributed by atoms with Crippen molar-refractivity contribution in [3.05, 3.63) is 23.5 Å². The number of alkyl halides is 3. The molecule has 0 spiro atoms. The van der Waals surface area contributed by atoms with Crippen LogP contribution in [-0.2, 0) is 0 Å². The minimum Gasteiger partial charge on any atom is -0.399 e. The van der Waals surface area contributed by atoms with Crippen molar-refractivity contribution in [3.63, 3.8) is 0 Å². The van der Waals surface area contributed by atoms with E-state index in [1.807, 2.05) is 0 Å². The minimum absolute atomic E-state index is 0.00479. The van der Waals surface area contributed by atoms with Gasteiger partial charge in [-0.2, -0.15) is 13.2 Å². The van der Waals surface area contributed by atoms with Crippen molar-refractivity contribution in [2.45, 2.75) is 25.2 Å². The van der Waals surface area contributed by atoms with Gasteiger partial charge in [-0.25, -0.2) is 0 Å². The molecule has 14 heavy (non-hydrogen) atoms. The monoisotopic (exact) mass is 207 g/mol. The lowest BCUT2D eigenvalue weighted by atomic mass is 9.99. The van der Waals surface area contributed by atoms with Crippen LogP contribution in [0, 0.1) is 0 Å². The second kappa shape index (κ2) is 3.20. The molecular formula is C8H12F3N3. The fourth-order valence-electron chi connectivity index (χ4n) is 1.10. The van der Waals surface area contributed by atoms with Gasteiger partial charge in [0.2, 0.25) is 0 Å². The van der Waals surface area contributed by atoms with Gasteiger partial charge in [0.15, 0.2) is 0 Å². The standard InChI is InChI=1S/C8H12F3N3/c1-2-7(13)6(12)3-5(4-14-7)8(9,10)11/h3-4,14H,2,12-13H2,1H3. The van der Waals surface area contributed by atoms with E-state index in [9.17, 15) is 13.2 Å². The summed E-state index contributed by atoms with van der Waals surface area (Å²) in [5, 5.41) is 2.45. The first-order valence-electron chi connectivity index (χ1n) is 4.11. The highest BCUT2D eigenvalue weighted by molar-refractivity contribution is 5.35. The van der Waals surface area contributed by atoms with Crippen LogP contribution in [0.25, 0.3) is 0 Å². The van der Waals surface area contributed by atoms with Gasteiger partial charge in [-0.15, -0.1) is 0 Å². The van der Waals surface area contributed by atoms with E-state index < -0.39 is 17.4 Å². The average Bonchev–Trinajstić information content (AvgIpc) is 2.08. The molecule has 0 aliphatic carbocycles. The molecule has 0 saturated carbocycles. The third-order valence-electron chi connectivity index (χ3n) is 2.20. The Morgan fingerprint density at radius 3 is 2.43 bits per heavy atom. The zero-order valence-corrected chi connectivity index (χ0v) is 7.65. The predicted octanol–water partition coefficient (Wildman–Crippen LogP) is 0.943. The third kappa shape index (κ3) is 1.84. The second-order valence-electron chi connectivity index (χ2n) is 3.17. The fraction of sp³-hybridized carbons (Fsp3) is 0.500. The van der Waals surface area contributed by atoms with E-state index in [4.69, 9.17) is 11.5 Å². The number of dihydropyridines is 1. The molecule has 5 N–H and O–H groups in total. The van der Waals surface area contributed by atoms with Crippen LogP contribution in [0.15, 0.2) is 23.5 Å². The summed E-state index contributed by atoms with van der Waals surface area (Å²) in [5.41, 5.74) is 9.25. The Bertz CT molecular complexity index is 293. The number of nitrogens with one attached hydrogen (secondary N) is 1. The van der Waals surface area contributed by atoms with E-state index in [0.29, 0.717) is 6.42 Å². The number of hydrogen-bond acceptors (Lipinski definition) is 3. The van der Waals surface area contributed by atoms with Crippen LogP contribution in [-0.4, -0.2) is 11.8 Å². The molecule has 3 nitrogen and oxygen atoms in total. The highest BCUT2D eigenvalue weighted by Gasteiger charge is 2.37. The Morgan fingerprint density at radius 2 is 2.07 bits per heavy atom. The average molecular weight is 207 g/mol. The summed E-state index contributed by atoms with van der Waals surface area (Å²) in [7, 11) is 0. The topological polar surface area (TPSA) is 64.1 Å². The Morgan fingerprint density at radius 1 is 1.50 bits per heavy atom. The summed E-state index contributed by atoms with van der Waals surface area (Å²) in [4.78, 5) is 0. The molecule has 0 aromatic heterocycles. The molecule has 0 amide bonds. The van der Waals surface area contributed by atoms with Gasteiger partial charge < -0.3 is 16.8 Å². The van der Waals surface area contributed by atoms with Gasteiger partial charge in [0.05, 0.1) is 5.57 Å². The molecule has 1 heterocycles. The van der Waals surface area contributed by atoms with Crippen molar-refractivity contribution in [1.82, 2.24) is 5.32 Å². The summed E-state index contributed by atoms with van der Waals surface area (Å²) in [6.45, 7) is 1.74. The summed E-state index contributed by atoms with van der Waals surface area (Å²) in [5.74, 6) is 0. The molecule has 1 aliphatic heterocycles. The number of halogens is 3. The number of allylic oxidation sites excluding steroid dienone is 2. The van der Waals surface area contributed by atoms with E-state index in [-0.39, 0.29) is 5.70 Å². The highest BCUT2D eigenvalue weighted by atomic mass is 19.4. The molecule has 0 radical (unpaired) electrons. The Kier molecular flexibility index (Phi) is 2.49. The van der Waals surface area contributed by atoms with E-state index in [1.54, 1.807) is 6.92 Å².